The van der Waals surface area contributed by atoms with Crippen LogP contribution < -0.4 is 0 Å². The molecule has 1 saturated carbocycles. The minimum atomic E-state index is -0.0271. The number of amides is 1. The summed E-state index contributed by atoms with van der Waals surface area (Å²) >= 11 is 0. The number of rotatable bonds is 3. The Morgan fingerprint density at radius 2 is 1.77 bits per heavy atom. The van der Waals surface area contributed by atoms with Crippen molar-refractivity contribution in [2.45, 2.75) is 57.3 Å². The summed E-state index contributed by atoms with van der Waals surface area (Å²) in [5, 5.41) is 8.73. The summed E-state index contributed by atoms with van der Waals surface area (Å²) in [4.78, 5) is 19.6. The van der Waals surface area contributed by atoms with Gasteiger partial charge in [-0.3, -0.25) is 9.78 Å². The first-order valence-corrected chi connectivity index (χ1v) is 11.4. The fourth-order valence-electron chi connectivity index (χ4n) is 5.53. The van der Waals surface area contributed by atoms with E-state index in [2.05, 4.69) is 20.1 Å². The largest absolute Gasteiger partial charge is 0.420 e. The Hall–Kier alpha value is -2.28. The lowest BCUT2D eigenvalue weighted by atomic mass is 9.72. The number of carbonyl (C=O) groups is 1. The minimum Gasteiger partial charge on any atom is -0.420 e. The van der Waals surface area contributed by atoms with E-state index in [-0.39, 0.29) is 17.3 Å². The SMILES string of the molecule is O=C(C1CCCCCC1)N1CC(c2nnc(-c3ccncc3)o2)C2(CCOCC2)C1. The number of nitrogens with zero attached hydrogens (tertiary/aromatic N) is 4. The van der Waals surface area contributed by atoms with Gasteiger partial charge in [0.2, 0.25) is 17.7 Å². The second kappa shape index (κ2) is 8.46. The number of pyridine rings is 1. The van der Waals surface area contributed by atoms with Crippen molar-refractivity contribution in [2.24, 2.45) is 11.3 Å². The number of ether oxygens (including phenoxy) is 1. The molecule has 1 unspecified atom stereocenters. The molecule has 0 N–H and O–H groups in total. The van der Waals surface area contributed by atoms with Gasteiger partial charge in [-0.1, -0.05) is 25.7 Å². The zero-order valence-electron chi connectivity index (χ0n) is 17.5. The molecule has 3 fully saturated rings. The van der Waals surface area contributed by atoms with Crippen LogP contribution in [0.15, 0.2) is 28.9 Å². The first-order valence-electron chi connectivity index (χ1n) is 11.4. The van der Waals surface area contributed by atoms with Crippen molar-refractivity contribution in [2.75, 3.05) is 26.3 Å². The Labute approximate surface area is 177 Å². The predicted molar refractivity (Wildman–Crippen MR) is 111 cm³/mol. The first-order chi connectivity index (χ1) is 14.8. The molecule has 1 spiro atoms. The van der Waals surface area contributed by atoms with E-state index in [1.165, 1.54) is 25.7 Å². The smallest absolute Gasteiger partial charge is 0.247 e. The zero-order chi connectivity index (χ0) is 20.4. The Balaban J connectivity index is 1.40. The van der Waals surface area contributed by atoms with Crippen LogP contribution in [-0.4, -0.2) is 52.3 Å². The lowest BCUT2D eigenvalue weighted by molar-refractivity contribution is -0.135. The van der Waals surface area contributed by atoms with Crippen molar-refractivity contribution >= 4 is 5.91 Å². The van der Waals surface area contributed by atoms with Crippen molar-refractivity contribution in [1.29, 1.82) is 0 Å². The molecule has 1 aliphatic carbocycles. The fraction of sp³-hybridized carbons (Fsp3) is 0.652. The molecule has 2 aliphatic heterocycles. The Kier molecular flexibility index (Phi) is 5.54. The predicted octanol–water partition coefficient (Wildman–Crippen LogP) is 3.82. The van der Waals surface area contributed by atoms with E-state index in [1.54, 1.807) is 12.4 Å². The zero-order valence-corrected chi connectivity index (χ0v) is 17.5. The van der Waals surface area contributed by atoms with E-state index in [0.29, 0.717) is 24.2 Å². The highest BCUT2D eigenvalue weighted by molar-refractivity contribution is 5.79. The standard InChI is InChI=1S/C23H30N4O3/c28-22(18-5-3-1-2-4-6-18)27-15-19(23(16-27)9-13-29-14-10-23)21-26-25-20(30-21)17-7-11-24-12-8-17/h7-8,11-12,18-19H,1-6,9-10,13-16H2. The lowest BCUT2D eigenvalue weighted by Gasteiger charge is -2.36. The maximum atomic E-state index is 13.4. The van der Waals surface area contributed by atoms with Gasteiger partial charge >= 0.3 is 0 Å². The van der Waals surface area contributed by atoms with Gasteiger partial charge in [-0.15, -0.1) is 10.2 Å². The van der Waals surface area contributed by atoms with Gasteiger partial charge in [0.25, 0.3) is 0 Å². The molecular weight excluding hydrogens is 380 g/mol. The van der Waals surface area contributed by atoms with Gasteiger partial charge in [0, 0.05) is 55.6 Å². The average Bonchev–Trinajstić information content (AvgIpc) is 3.30. The quantitative estimate of drug-likeness (QED) is 0.716. The second-order valence-corrected chi connectivity index (χ2v) is 9.12. The number of aromatic nitrogens is 3. The molecule has 5 rings (SSSR count). The van der Waals surface area contributed by atoms with Crippen LogP contribution in [0, 0.1) is 11.3 Å². The number of hydrogen-bond acceptors (Lipinski definition) is 6. The van der Waals surface area contributed by atoms with Crippen LogP contribution in [0.1, 0.15) is 63.2 Å². The summed E-state index contributed by atoms with van der Waals surface area (Å²) in [6.07, 6.45) is 12.2. The molecule has 160 valence electrons. The highest BCUT2D eigenvalue weighted by Gasteiger charge is 2.52. The highest BCUT2D eigenvalue weighted by Crippen LogP contribution is 2.50. The van der Waals surface area contributed by atoms with Crippen LogP contribution in [0.25, 0.3) is 11.5 Å². The maximum Gasteiger partial charge on any atom is 0.247 e. The van der Waals surface area contributed by atoms with E-state index >= 15 is 0 Å². The molecule has 2 saturated heterocycles. The van der Waals surface area contributed by atoms with Crippen LogP contribution in [0.2, 0.25) is 0 Å². The third-order valence-corrected chi connectivity index (χ3v) is 7.32. The molecule has 30 heavy (non-hydrogen) atoms. The van der Waals surface area contributed by atoms with Crippen molar-refractivity contribution < 1.29 is 13.9 Å². The van der Waals surface area contributed by atoms with Crippen molar-refractivity contribution in [3.8, 4) is 11.5 Å². The molecule has 3 aliphatic rings. The monoisotopic (exact) mass is 410 g/mol. The molecule has 4 heterocycles. The van der Waals surface area contributed by atoms with Crippen LogP contribution in [0.5, 0.6) is 0 Å². The molecule has 7 nitrogen and oxygen atoms in total. The summed E-state index contributed by atoms with van der Waals surface area (Å²) in [5.41, 5.74) is 0.842. The fourth-order valence-corrected chi connectivity index (χ4v) is 5.53. The van der Waals surface area contributed by atoms with Crippen LogP contribution in [0.3, 0.4) is 0 Å². The molecule has 1 atom stereocenters. The van der Waals surface area contributed by atoms with Crippen LogP contribution in [-0.2, 0) is 9.53 Å². The number of hydrogen-bond donors (Lipinski definition) is 0. The van der Waals surface area contributed by atoms with Gasteiger partial charge in [-0.2, -0.15) is 0 Å². The Morgan fingerprint density at radius 1 is 1.03 bits per heavy atom. The average molecular weight is 411 g/mol. The molecule has 0 aromatic carbocycles. The molecule has 2 aromatic rings. The van der Waals surface area contributed by atoms with Crippen molar-refractivity contribution in [3.63, 3.8) is 0 Å². The molecule has 2 aromatic heterocycles. The summed E-state index contributed by atoms with van der Waals surface area (Å²) in [7, 11) is 0. The molecule has 7 heteroatoms. The van der Waals surface area contributed by atoms with Gasteiger partial charge < -0.3 is 14.1 Å². The first kappa shape index (κ1) is 19.7. The van der Waals surface area contributed by atoms with E-state index in [0.717, 1.165) is 51.0 Å². The minimum absolute atomic E-state index is 0.0271. The summed E-state index contributed by atoms with van der Waals surface area (Å²) in [6.45, 7) is 2.91. The van der Waals surface area contributed by atoms with E-state index in [4.69, 9.17) is 9.15 Å². The van der Waals surface area contributed by atoms with Crippen molar-refractivity contribution in [3.05, 3.63) is 30.4 Å². The normalized spacial score (nSPS) is 24.8. The Morgan fingerprint density at radius 3 is 2.50 bits per heavy atom. The molecule has 0 radical (unpaired) electrons. The molecule has 1 amide bonds. The maximum absolute atomic E-state index is 13.4. The van der Waals surface area contributed by atoms with Crippen molar-refractivity contribution in [1.82, 2.24) is 20.1 Å². The third-order valence-electron chi connectivity index (χ3n) is 7.32. The van der Waals surface area contributed by atoms with E-state index in [9.17, 15) is 4.79 Å². The summed E-state index contributed by atoms with van der Waals surface area (Å²) in [5.74, 6) is 1.75. The number of likely N-dealkylation sites (tertiary alicyclic amines) is 1. The summed E-state index contributed by atoms with van der Waals surface area (Å²) in [6, 6.07) is 3.75. The number of carbonyl (C=O) groups excluding carboxylic acids is 1. The lowest BCUT2D eigenvalue weighted by Crippen LogP contribution is -2.39. The van der Waals surface area contributed by atoms with Crippen LogP contribution >= 0.6 is 0 Å². The van der Waals surface area contributed by atoms with Crippen LogP contribution in [0.4, 0.5) is 0 Å². The van der Waals surface area contributed by atoms with Gasteiger partial charge in [0.1, 0.15) is 0 Å². The molecular formula is C23H30N4O3. The Bertz CT molecular complexity index is 854. The van der Waals surface area contributed by atoms with Gasteiger partial charge in [-0.25, -0.2) is 0 Å². The van der Waals surface area contributed by atoms with Gasteiger partial charge in [-0.05, 0) is 37.8 Å². The third kappa shape index (κ3) is 3.75. The second-order valence-electron chi connectivity index (χ2n) is 9.12. The van der Waals surface area contributed by atoms with E-state index < -0.39 is 0 Å². The topological polar surface area (TPSA) is 81.4 Å². The summed E-state index contributed by atoms with van der Waals surface area (Å²) < 4.78 is 11.8. The highest BCUT2D eigenvalue weighted by atomic mass is 16.5. The van der Waals surface area contributed by atoms with E-state index in [1.807, 2.05) is 12.1 Å². The molecule has 0 bridgehead atoms. The van der Waals surface area contributed by atoms with Gasteiger partial charge in [0.05, 0.1) is 5.92 Å². The van der Waals surface area contributed by atoms with Gasteiger partial charge in [0.15, 0.2) is 0 Å².